The molecule has 0 spiro atoms. The van der Waals surface area contributed by atoms with Crippen molar-refractivity contribution in [3.05, 3.63) is 23.8 Å². The Labute approximate surface area is 74.5 Å². The van der Waals surface area contributed by atoms with Crippen LogP contribution in [0.15, 0.2) is 23.8 Å². The molecule has 0 atom stereocenters. The highest BCUT2D eigenvalue weighted by molar-refractivity contribution is 6.28. The molecule has 13 heavy (non-hydrogen) atoms. The Kier molecular flexibility index (Phi) is 2.59. The quantitative estimate of drug-likeness (QED) is 0.435. The van der Waals surface area contributed by atoms with Gasteiger partial charge in [0.2, 0.25) is 0 Å². The van der Waals surface area contributed by atoms with Crippen molar-refractivity contribution in [3.8, 4) is 0 Å². The molecule has 2 N–H and O–H groups in total. The molecule has 0 aromatic rings. The lowest BCUT2D eigenvalue weighted by molar-refractivity contribution is -0.124. The molecule has 4 amide bonds. The summed E-state index contributed by atoms with van der Waals surface area (Å²) in [5.41, 5.74) is -0.0716. The third kappa shape index (κ3) is 2.02. The third-order valence-electron chi connectivity index (χ3n) is 1.40. The predicted octanol–water partition coefficient (Wildman–Crippen LogP) is -0.145. The first-order valence-corrected chi connectivity index (χ1v) is 3.65. The molecular formula is C8H8N2O3. The second kappa shape index (κ2) is 3.66. The molecule has 0 radical (unpaired) electrons. The Morgan fingerprint density at radius 3 is 2.08 bits per heavy atom. The number of hydrogen-bond donors (Lipinski definition) is 2. The van der Waals surface area contributed by atoms with E-state index in [1.807, 2.05) is 10.6 Å². The lowest BCUT2D eigenvalue weighted by atomic mass is 10.2. The summed E-state index contributed by atoms with van der Waals surface area (Å²) in [6.07, 6.45) is 4.56. The van der Waals surface area contributed by atoms with E-state index in [0.29, 0.717) is 0 Å². The van der Waals surface area contributed by atoms with Crippen LogP contribution >= 0.6 is 0 Å². The average molecular weight is 180 g/mol. The van der Waals surface area contributed by atoms with E-state index in [0.717, 1.165) is 0 Å². The number of hydrogen-bond acceptors (Lipinski definition) is 3. The zero-order chi connectivity index (χ0) is 9.84. The van der Waals surface area contributed by atoms with E-state index in [1.54, 1.807) is 19.1 Å². The molecule has 0 aromatic carbocycles. The molecule has 1 saturated heterocycles. The highest BCUT2D eigenvalue weighted by Crippen LogP contribution is 2.00. The largest absolute Gasteiger partial charge is 0.328 e. The third-order valence-corrected chi connectivity index (χ3v) is 1.40. The maximum atomic E-state index is 11.0. The summed E-state index contributed by atoms with van der Waals surface area (Å²) >= 11 is 0. The zero-order valence-corrected chi connectivity index (χ0v) is 6.96. The van der Waals surface area contributed by atoms with Gasteiger partial charge in [0.15, 0.2) is 0 Å². The van der Waals surface area contributed by atoms with E-state index in [4.69, 9.17) is 0 Å². The van der Waals surface area contributed by atoms with Crippen molar-refractivity contribution in [1.29, 1.82) is 0 Å². The molecule has 5 nitrogen and oxygen atoms in total. The highest BCUT2D eigenvalue weighted by Gasteiger charge is 2.26. The Hall–Kier alpha value is -1.91. The Morgan fingerprint density at radius 1 is 1.08 bits per heavy atom. The summed E-state index contributed by atoms with van der Waals surface area (Å²) in [6, 6.07) is -0.785. The van der Waals surface area contributed by atoms with E-state index in [9.17, 15) is 14.4 Å². The fourth-order valence-corrected chi connectivity index (χ4v) is 0.819. The SMILES string of the molecule is C/C=C\C=C1C(=O)NC(=O)NC1=O. The Balaban J connectivity index is 2.91. The van der Waals surface area contributed by atoms with Crippen LogP contribution in [-0.4, -0.2) is 17.8 Å². The van der Waals surface area contributed by atoms with Crippen molar-refractivity contribution in [3.63, 3.8) is 0 Å². The zero-order valence-electron chi connectivity index (χ0n) is 6.96. The normalized spacial score (nSPS) is 17.3. The first kappa shape index (κ1) is 9.18. The molecule has 1 aliphatic rings. The molecule has 0 saturated carbocycles. The summed E-state index contributed by atoms with van der Waals surface area (Å²) in [7, 11) is 0. The summed E-state index contributed by atoms with van der Waals surface area (Å²) in [5, 5.41) is 3.91. The lowest BCUT2D eigenvalue weighted by Gasteiger charge is -2.12. The molecule has 0 unspecified atom stereocenters. The van der Waals surface area contributed by atoms with Crippen LogP contribution in [0.3, 0.4) is 0 Å². The second-order valence-electron chi connectivity index (χ2n) is 2.34. The van der Waals surface area contributed by atoms with Crippen molar-refractivity contribution < 1.29 is 14.4 Å². The minimum atomic E-state index is -0.785. The predicted molar refractivity (Wildman–Crippen MR) is 44.6 cm³/mol. The van der Waals surface area contributed by atoms with Crippen LogP contribution in [0.4, 0.5) is 4.79 Å². The van der Waals surface area contributed by atoms with E-state index in [1.165, 1.54) is 6.08 Å². The average Bonchev–Trinajstić information content (AvgIpc) is 2.02. The summed E-state index contributed by atoms with van der Waals surface area (Å²) in [5.74, 6) is -1.35. The smallest absolute Gasteiger partial charge is 0.273 e. The van der Waals surface area contributed by atoms with Gasteiger partial charge >= 0.3 is 6.03 Å². The standard InChI is InChI=1S/C8H8N2O3/c1-2-3-4-5-6(11)9-8(13)10-7(5)12/h2-4H,1H3,(H2,9,10,11,12,13)/b3-2-. The number of barbiturate groups is 1. The Bertz CT molecular complexity index is 306. The van der Waals surface area contributed by atoms with E-state index < -0.39 is 17.8 Å². The number of amides is 4. The van der Waals surface area contributed by atoms with Crippen LogP contribution in [-0.2, 0) is 9.59 Å². The fraction of sp³-hybridized carbons (Fsp3) is 0.125. The van der Waals surface area contributed by atoms with Crippen LogP contribution in [0.25, 0.3) is 0 Å². The van der Waals surface area contributed by atoms with Gasteiger partial charge in [0.05, 0.1) is 0 Å². The lowest BCUT2D eigenvalue weighted by Crippen LogP contribution is -2.51. The molecule has 1 aliphatic heterocycles. The van der Waals surface area contributed by atoms with Gasteiger partial charge in [0.1, 0.15) is 5.57 Å². The maximum absolute atomic E-state index is 11.0. The number of urea groups is 1. The highest BCUT2D eigenvalue weighted by atomic mass is 16.2. The number of allylic oxidation sites excluding steroid dienone is 3. The molecule has 0 bridgehead atoms. The van der Waals surface area contributed by atoms with Crippen LogP contribution in [0, 0.1) is 0 Å². The first-order valence-electron chi connectivity index (χ1n) is 3.65. The van der Waals surface area contributed by atoms with Crippen molar-refractivity contribution in [2.75, 3.05) is 0 Å². The van der Waals surface area contributed by atoms with Gasteiger partial charge in [-0.2, -0.15) is 0 Å². The number of carbonyl (C=O) groups is 3. The van der Waals surface area contributed by atoms with E-state index in [2.05, 4.69) is 0 Å². The minimum Gasteiger partial charge on any atom is -0.273 e. The Morgan fingerprint density at radius 2 is 1.62 bits per heavy atom. The summed E-state index contributed by atoms with van der Waals surface area (Å²) < 4.78 is 0. The van der Waals surface area contributed by atoms with Crippen molar-refractivity contribution >= 4 is 17.8 Å². The van der Waals surface area contributed by atoms with E-state index in [-0.39, 0.29) is 5.57 Å². The molecule has 1 heterocycles. The van der Waals surface area contributed by atoms with Gasteiger partial charge in [-0.05, 0) is 13.0 Å². The first-order chi connectivity index (χ1) is 6.15. The number of carbonyl (C=O) groups excluding carboxylic acids is 3. The van der Waals surface area contributed by atoms with Crippen LogP contribution in [0.5, 0.6) is 0 Å². The van der Waals surface area contributed by atoms with Crippen molar-refractivity contribution in [2.45, 2.75) is 6.92 Å². The maximum Gasteiger partial charge on any atom is 0.328 e. The number of rotatable bonds is 1. The van der Waals surface area contributed by atoms with Crippen molar-refractivity contribution in [1.82, 2.24) is 10.6 Å². The van der Waals surface area contributed by atoms with Crippen LogP contribution in [0.2, 0.25) is 0 Å². The van der Waals surface area contributed by atoms with Gasteiger partial charge < -0.3 is 0 Å². The molecule has 1 rings (SSSR count). The molecule has 1 fully saturated rings. The van der Waals surface area contributed by atoms with Crippen molar-refractivity contribution in [2.24, 2.45) is 0 Å². The van der Waals surface area contributed by atoms with Gasteiger partial charge in [-0.3, -0.25) is 20.2 Å². The van der Waals surface area contributed by atoms with Gasteiger partial charge in [0, 0.05) is 0 Å². The molecule has 5 heteroatoms. The monoisotopic (exact) mass is 180 g/mol. The number of imide groups is 2. The fourth-order valence-electron chi connectivity index (χ4n) is 0.819. The van der Waals surface area contributed by atoms with Crippen LogP contribution < -0.4 is 10.6 Å². The van der Waals surface area contributed by atoms with Gasteiger partial charge in [-0.1, -0.05) is 12.2 Å². The van der Waals surface area contributed by atoms with Gasteiger partial charge in [-0.15, -0.1) is 0 Å². The van der Waals surface area contributed by atoms with Gasteiger partial charge in [0.25, 0.3) is 11.8 Å². The minimum absolute atomic E-state index is 0.0716. The van der Waals surface area contributed by atoms with E-state index >= 15 is 0 Å². The van der Waals surface area contributed by atoms with Crippen LogP contribution in [0.1, 0.15) is 6.92 Å². The topological polar surface area (TPSA) is 75.3 Å². The molecule has 0 aromatic heterocycles. The number of nitrogens with one attached hydrogen (secondary N) is 2. The summed E-state index contributed by atoms with van der Waals surface area (Å²) in [4.78, 5) is 32.6. The second-order valence-corrected chi connectivity index (χ2v) is 2.34. The summed E-state index contributed by atoms with van der Waals surface area (Å²) in [6.45, 7) is 1.75. The molecular weight excluding hydrogens is 172 g/mol. The van der Waals surface area contributed by atoms with Gasteiger partial charge in [-0.25, -0.2) is 4.79 Å². The molecule has 68 valence electrons. The molecule has 0 aliphatic carbocycles.